The van der Waals surface area contributed by atoms with Crippen LogP contribution in [-0.4, -0.2) is 12.8 Å². The molecule has 3 nitrogen and oxygen atoms in total. The van der Waals surface area contributed by atoms with Crippen molar-refractivity contribution in [3.63, 3.8) is 0 Å². The molecule has 0 heterocycles. The Hall–Kier alpha value is -1.51. The predicted octanol–water partition coefficient (Wildman–Crippen LogP) is 1.67. The molecule has 0 saturated heterocycles. The monoisotopic (exact) mass is 164 g/mol. The topological polar surface area (TPSA) is 59.1 Å². The number of anilines is 1. The average Bonchev–Trinajstić information content (AvgIpc) is 2.09. The Labute approximate surface area is 71.7 Å². The quantitative estimate of drug-likeness (QED) is 0.527. The van der Waals surface area contributed by atoms with Gasteiger partial charge in [-0.05, 0) is 30.7 Å². The number of nitrogens with two attached hydrogens (primary N) is 1. The maximum atomic E-state index is 6.99. The number of ether oxygens (including phenoxy) is 1. The lowest BCUT2D eigenvalue weighted by molar-refractivity contribution is 0.342. The molecule has 1 aromatic rings. The third kappa shape index (κ3) is 1.75. The molecule has 0 spiro atoms. The molecule has 0 bridgehead atoms. The van der Waals surface area contributed by atoms with Gasteiger partial charge in [-0.25, -0.2) is 0 Å². The molecule has 0 atom stereocenters. The summed E-state index contributed by atoms with van der Waals surface area (Å²) in [4.78, 5) is 0. The molecule has 0 unspecified atom stereocenters. The maximum Gasteiger partial charge on any atom is 0.142 e. The van der Waals surface area contributed by atoms with Crippen molar-refractivity contribution in [3.05, 3.63) is 23.8 Å². The maximum absolute atomic E-state index is 6.99. The van der Waals surface area contributed by atoms with Crippen molar-refractivity contribution >= 4 is 11.9 Å². The van der Waals surface area contributed by atoms with Gasteiger partial charge in [0.05, 0.1) is 12.3 Å². The summed E-state index contributed by atoms with van der Waals surface area (Å²) >= 11 is 0. The van der Waals surface area contributed by atoms with Crippen LogP contribution in [0.1, 0.15) is 12.5 Å². The molecule has 3 N–H and O–H groups in total. The Morgan fingerprint density at radius 3 is 2.83 bits per heavy atom. The molecule has 0 amide bonds. The lowest BCUT2D eigenvalue weighted by Crippen LogP contribution is -1.97. The molecule has 0 radical (unpaired) electrons. The summed E-state index contributed by atoms with van der Waals surface area (Å²) in [6.07, 6.45) is 1.26. The minimum atomic E-state index is 0.581. The molecular weight excluding hydrogens is 152 g/mol. The third-order valence-electron chi connectivity index (χ3n) is 1.50. The molecule has 64 valence electrons. The first kappa shape index (κ1) is 8.59. The van der Waals surface area contributed by atoms with Crippen LogP contribution in [-0.2, 0) is 0 Å². The largest absolute Gasteiger partial charge is 0.492 e. The molecule has 0 aliphatic carbocycles. The van der Waals surface area contributed by atoms with Crippen molar-refractivity contribution in [2.45, 2.75) is 6.92 Å². The van der Waals surface area contributed by atoms with E-state index in [9.17, 15) is 0 Å². The van der Waals surface area contributed by atoms with Gasteiger partial charge in [-0.2, -0.15) is 0 Å². The van der Waals surface area contributed by atoms with E-state index in [2.05, 4.69) is 0 Å². The average molecular weight is 164 g/mol. The van der Waals surface area contributed by atoms with Gasteiger partial charge in [0.25, 0.3) is 0 Å². The van der Waals surface area contributed by atoms with E-state index in [4.69, 9.17) is 15.9 Å². The Morgan fingerprint density at radius 1 is 1.58 bits per heavy atom. The second kappa shape index (κ2) is 3.76. The number of nitrogen functional groups attached to an aromatic ring is 1. The van der Waals surface area contributed by atoms with Crippen molar-refractivity contribution in [1.29, 1.82) is 5.41 Å². The van der Waals surface area contributed by atoms with E-state index >= 15 is 0 Å². The number of hydrogen-bond donors (Lipinski definition) is 2. The fourth-order valence-electron chi connectivity index (χ4n) is 0.944. The highest BCUT2D eigenvalue weighted by molar-refractivity contribution is 5.79. The number of rotatable bonds is 3. The van der Waals surface area contributed by atoms with Crippen LogP contribution in [0.15, 0.2) is 18.2 Å². The molecule has 3 heteroatoms. The molecule has 0 aromatic heterocycles. The van der Waals surface area contributed by atoms with E-state index in [0.29, 0.717) is 18.0 Å². The second-order valence-corrected chi connectivity index (χ2v) is 2.37. The van der Waals surface area contributed by atoms with Crippen LogP contribution in [0.25, 0.3) is 0 Å². The van der Waals surface area contributed by atoms with Gasteiger partial charge in [0.2, 0.25) is 0 Å². The Kier molecular flexibility index (Phi) is 2.69. The van der Waals surface area contributed by atoms with Crippen molar-refractivity contribution in [2.75, 3.05) is 12.3 Å². The van der Waals surface area contributed by atoms with Gasteiger partial charge >= 0.3 is 0 Å². The Balaban J connectivity index is 2.94. The zero-order valence-corrected chi connectivity index (χ0v) is 7.00. The summed E-state index contributed by atoms with van der Waals surface area (Å²) in [5.74, 6) is 0.683. The summed E-state index contributed by atoms with van der Waals surface area (Å²) in [5, 5.41) is 6.99. The first-order valence-electron chi connectivity index (χ1n) is 3.80. The fourth-order valence-corrected chi connectivity index (χ4v) is 0.944. The van der Waals surface area contributed by atoms with E-state index in [0.717, 1.165) is 5.56 Å². The standard InChI is InChI=1S/C9H12N2O/c1-2-12-9-4-3-7(6-10)5-8(9)11/h3-6,10H,2,11H2,1H3. The summed E-state index contributed by atoms with van der Waals surface area (Å²) in [6, 6.07) is 5.30. The van der Waals surface area contributed by atoms with Crippen LogP contribution in [0.5, 0.6) is 5.75 Å². The number of benzene rings is 1. The smallest absolute Gasteiger partial charge is 0.142 e. The summed E-state index contributed by atoms with van der Waals surface area (Å²) in [5.41, 5.74) is 7.02. The first-order valence-corrected chi connectivity index (χ1v) is 3.80. The van der Waals surface area contributed by atoms with Crippen molar-refractivity contribution in [3.8, 4) is 5.75 Å². The lowest BCUT2D eigenvalue weighted by Gasteiger charge is -2.06. The van der Waals surface area contributed by atoms with Gasteiger partial charge < -0.3 is 15.9 Å². The van der Waals surface area contributed by atoms with Crippen molar-refractivity contribution < 1.29 is 4.74 Å². The van der Waals surface area contributed by atoms with Gasteiger partial charge in [0.1, 0.15) is 5.75 Å². The van der Waals surface area contributed by atoms with Crippen LogP contribution in [0.2, 0.25) is 0 Å². The van der Waals surface area contributed by atoms with Crippen LogP contribution in [0, 0.1) is 5.41 Å². The molecule has 0 aliphatic heterocycles. The second-order valence-electron chi connectivity index (χ2n) is 2.37. The van der Waals surface area contributed by atoms with Crippen LogP contribution >= 0.6 is 0 Å². The highest BCUT2D eigenvalue weighted by Gasteiger charge is 1.98. The highest BCUT2D eigenvalue weighted by atomic mass is 16.5. The van der Waals surface area contributed by atoms with E-state index in [1.54, 1.807) is 18.2 Å². The summed E-state index contributed by atoms with van der Waals surface area (Å²) in [6.45, 7) is 2.51. The normalized spacial score (nSPS) is 9.42. The van der Waals surface area contributed by atoms with Gasteiger partial charge in [-0.15, -0.1) is 0 Å². The van der Waals surface area contributed by atoms with Gasteiger partial charge in [0.15, 0.2) is 0 Å². The number of hydrogen-bond acceptors (Lipinski definition) is 3. The molecule has 0 fully saturated rings. The van der Waals surface area contributed by atoms with E-state index in [-0.39, 0.29) is 0 Å². The zero-order valence-electron chi connectivity index (χ0n) is 7.00. The zero-order chi connectivity index (χ0) is 8.97. The summed E-state index contributed by atoms with van der Waals surface area (Å²) < 4.78 is 5.24. The molecule has 1 rings (SSSR count). The molecule has 1 aromatic carbocycles. The minimum absolute atomic E-state index is 0.581. The SMILES string of the molecule is CCOc1ccc(C=N)cc1N. The number of nitrogens with one attached hydrogen (secondary N) is 1. The highest BCUT2D eigenvalue weighted by Crippen LogP contribution is 2.21. The van der Waals surface area contributed by atoms with E-state index in [1.165, 1.54) is 6.21 Å². The molecule has 0 saturated carbocycles. The van der Waals surface area contributed by atoms with Crippen LogP contribution in [0.4, 0.5) is 5.69 Å². The van der Waals surface area contributed by atoms with Crippen molar-refractivity contribution in [2.24, 2.45) is 0 Å². The van der Waals surface area contributed by atoms with Crippen LogP contribution < -0.4 is 10.5 Å². The first-order chi connectivity index (χ1) is 5.77. The fraction of sp³-hybridized carbons (Fsp3) is 0.222. The summed E-state index contributed by atoms with van der Waals surface area (Å²) in [7, 11) is 0. The van der Waals surface area contributed by atoms with E-state index < -0.39 is 0 Å². The lowest BCUT2D eigenvalue weighted by atomic mass is 10.2. The molecular formula is C9H12N2O. The van der Waals surface area contributed by atoms with E-state index in [1.807, 2.05) is 6.92 Å². The third-order valence-corrected chi connectivity index (χ3v) is 1.50. The minimum Gasteiger partial charge on any atom is -0.492 e. The van der Waals surface area contributed by atoms with Crippen LogP contribution in [0.3, 0.4) is 0 Å². The molecule has 12 heavy (non-hydrogen) atoms. The van der Waals surface area contributed by atoms with Gasteiger partial charge in [-0.1, -0.05) is 0 Å². The molecule has 0 aliphatic rings. The van der Waals surface area contributed by atoms with Gasteiger partial charge in [0, 0.05) is 6.21 Å². The Bertz CT molecular complexity index is 284. The van der Waals surface area contributed by atoms with Gasteiger partial charge in [-0.3, -0.25) is 0 Å². The van der Waals surface area contributed by atoms with Crippen molar-refractivity contribution in [1.82, 2.24) is 0 Å². The Morgan fingerprint density at radius 2 is 2.33 bits per heavy atom. The predicted molar refractivity (Wildman–Crippen MR) is 49.9 cm³/mol.